The number of aliphatic hydroxyl groups is 2. The summed E-state index contributed by atoms with van der Waals surface area (Å²) in [6, 6.07) is 0. The van der Waals surface area contributed by atoms with Gasteiger partial charge in [0, 0.05) is 19.3 Å². The van der Waals surface area contributed by atoms with E-state index in [-0.39, 0.29) is 19.3 Å². The summed E-state index contributed by atoms with van der Waals surface area (Å²) in [6.45, 7) is 2.06. The molecule has 0 aromatic carbocycles. The molecule has 2 atom stereocenters. The third-order valence-electron chi connectivity index (χ3n) is 4.05. The van der Waals surface area contributed by atoms with E-state index >= 15 is 0 Å². The number of carbonyl (C=O) groups is 3. The van der Waals surface area contributed by atoms with E-state index < -0.39 is 29.7 Å². The van der Waals surface area contributed by atoms with Crippen molar-refractivity contribution in [3.8, 4) is 0 Å². The van der Waals surface area contributed by atoms with Gasteiger partial charge in [0.2, 0.25) is 0 Å². The van der Waals surface area contributed by atoms with Gasteiger partial charge in [-0.2, -0.15) is 0 Å². The van der Waals surface area contributed by atoms with E-state index in [4.69, 9.17) is 5.11 Å². The van der Waals surface area contributed by atoms with E-state index in [0.29, 0.717) is 19.3 Å². The Labute approximate surface area is 144 Å². The number of hydrogen-bond acceptors (Lipinski definition) is 5. The fraction of sp³-hybridized carbons (Fsp3) is 0.833. The highest BCUT2D eigenvalue weighted by Crippen LogP contribution is 2.11. The van der Waals surface area contributed by atoms with Crippen LogP contribution in [0, 0.1) is 0 Å². The molecule has 3 N–H and O–H groups in total. The molecule has 0 rings (SSSR count). The third-order valence-corrected chi connectivity index (χ3v) is 4.05. The normalized spacial score (nSPS) is 13.5. The van der Waals surface area contributed by atoms with Crippen molar-refractivity contribution in [2.45, 2.75) is 96.2 Å². The zero-order valence-electron chi connectivity index (χ0n) is 14.7. The van der Waals surface area contributed by atoms with Gasteiger partial charge in [0.05, 0.1) is 0 Å². The quantitative estimate of drug-likeness (QED) is 0.371. The minimum absolute atomic E-state index is 0.125. The van der Waals surface area contributed by atoms with Crippen LogP contribution in [0.2, 0.25) is 0 Å². The van der Waals surface area contributed by atoms with Gasteiger partial charge in [-0.3, -0.25) is 14.4 Å². The Bertz CT molecular complexity index is 380. The average Bonchev–Trinajstić information content (AvgIpc) is 2.55. The second-order valence-corrected chi connectivity index (χ2v) is 6.29. The highest BCUT2D eigenvalue weighted by molar-refractivity contribution is 5.92. The minimum Gasteiger partial charge on any atom is -0.481 e. The molecular formula is C18H32O6. The first-order chi connectivity index (χ1) is 11.4. The van der Waals surface area contributed by atoms with Gasteiger partial charge in [-0.1, -0.05) is 45.4 Å². The SMILES string of the molecule is CCCCCCC(=O)C(O)C(O)C(=O)CCCCCCCC(=O)O. The van der Waals surface area contributed by atoms with Crippen LogP contribution in [0.5, 0.6) is 0 Å². The Hall–Kier alpha value is -1.27. The number of unbranched alkanes of at least 4 members (excludes halogenated alkanes) is 7. The second-order valence-electron chi connectivity index (χ2n) is 6.29. The molecule has 0 spiro atoms. The molecule has 24 heavy (non-hydrogen) atoms. The van der Waals surface area contributed by atoms with E-state index in [1.807, 2.05) is 0 Å². The molecular weight excluding hydrogens is 312 g/mol. The summed E-state index contributed by atoms with van der Waals surface area (Å²) in [5, 5.41) is 28.0. The van der Waals surface area contributed by atoms with E-state index in [2.05, 4.69) is 6.92 Å². The predicted molar refractivity (Wildman–Crippen MR) is 90.7 cm³/mol. The largest absolute Gasteiger partial charge is 0.481 e. The van der Waals surface area contributed by atoms with Gasteiger partial charge in [0.1, 0.15) is 12.2 Å². The summed E-state index contributed by atoms with van der Waals surface area (Å²) in [5.41, 5.74) is 0. The standard InChI is InChI=1S/C18H32O6/c1-2-3-4-8-11-14(19)17(23)18(24)15(20)12-9-6-5-7-10-13-16(21)22/h17-18,23-24H,2-13H2,1H3,(H,21,22). The van der Waals surface area contributed by atoms with E-state index in [0.717, 1.165) is 38.5 Å². The molecule has 6 nitrogen and oxygen atoms in total. The molecule has 0 saturated carbocycles. The highest BCUT2D eigenvalue weighted by atomic mass is 16.4. The van der Waals surface area contributed by atoms with Crippen LogP contribution in [0.4, 0.5) is 0 Å². The first-order valence-electron chi connectivity index (χ1n) is 9.03. The van der Waals surface area contributed by atoms with Crippen LogP contribution in [0.25, 0.3) is 0 Å². The van der Waals surface area contributed by atoms with Crippen molar-refractivity contribution in [3.05, 3.63) is 0 Å². The maximum Gasteiger partial charge on any atom is 0.303 e. The fourth-order valence-corrected chi connectivity index (χ4v) is 2.48. The number of rotatable bonds is 16. The number of aliphatic hydroxyl groups excluding tert-OH is 2. The van der Waals surface area contributed by atoms with Gasteiger partial charge in [-0.15, -0.1) is 0 Å². The predicted octanol–water partition coefficient (Wildman–Crippen LogP) is 2.63. The Balaban J connectivity index is 3.83. The van der Waals surface area contributed by atoms with Crippen molar-refractivity contribution in [1.82, 2.24) is 0 Å². The van der Waals surface area contributed by atoms with Crippen LogP contribution in [0.3, 0.4) is 0 Å². The molecule has 0 saturated heterocycles. The molecule has 0 aliphatic carbocycles. The van der Waals surface area contributed by atoms with Crippen LogP contribution in [0.15, 0.2) is 0 Å². The number of carboxylic acid groups (broad SMARTS) is 1. The zero-order chi connectivity index (χ0) is 18.4. The smallest absolute Gasteiger partial charge is 0.303 e. The molecule has 0 aliphatic heterocycles. The summed E-state index contributed by atoms with van der Waals surface area (Å²) < 4.78 is 0. The monoisotopic (exact) mass is 344 g/mol. The number of aliphatic carboxylic acids is 1. The van der Waals surface area contributed by atoms with Gasteiger partial charge in [0.25, 0.3) is 0 Å². The van der Waals surface area contributed by atoms with Crippen molar-refractivity contribution in [2.24, 2.45) is 0 Å². The lowest BCUT2D eigenvalue weighted by atomic mass is 9.98. The van der Waals surface area contributed by atoms with Gasteiger partial charge in [-0.05, 0) is 19.3 Å². The molecule has 0 fully saturated rings. The number of ketones is 2. The lowest BCUT2D eigenvalue weighted by molar-refractivity contribution is -0.143. The summed E-state index contributed by atoms with van der Waals surface area (Å²) in [7, 11) is 0. The Morgan fingerprint density at radius 2 is 1.04 bits per heavy atom. The summed E-state index contributed by atoms with van der Waals surface area (Å²) in [6.07, 6.45) is 4.45. The van der Waals surface area contributed by atoms with Crippen molar-refractivity contribution in [2.75, 3.05) is 0 Å². The molecule has 2 unspecified atom stereocenters. The molecule has 0 radical (unpaired) electrons. The van der Waals surface area contributed by atoms with Crippen LogP contribution in [-0.4, -0.2) is 45.1 Å². The average molecular weight is 344 g/mol. The van der Waals surface area contributed by atoms with Crippen LogP contribution in [0.1, 0.15) is 84.0 Å². The minimum atomic E-state index is -1.63. The Morgan fingerprint density at radius 1 is 0.667 bits per heavy atom. The number of carbonyl (C=O) groups excluding carboxylic acids is 2. The molecule has 6 heteroatoms. The number of carboxylic acids is 1. The molecule has 0 heterocycles. The Kier molecular flexibility index (Phi) is 13.4. The van der Waals surface area contributed by atoms with Crippen molar-refractivity contribution >= 4 is 17.5 Å². The lowest BCUT2D eigenvalue weighted by Crippen LogP contribution is -2.39. The first-order valence-corrected chi connectivity index (χ1v) is 9.03. The zero-order valence-corrected chi connectivity index (χ0v) is 14.7. The maximum atomic E-state index is 11.8. The van der Waals surface area contributed by atoms with Gasteiger partial charge in [0.15, 0.2) is 11.6 Å². The highest BCUT2D eigenvalue weighted by Gasteiger charge is 2.28. The van der Waals surface area contributed by atoms with Crippen LogP contribution < -0.4 is 0 Å². The third kappa shape index (κ3) is 11.3. The van der Waals surface area contributed by atoms with Gasteiger partial charge >= 0.3 is 5.97 Å². The van der Waals surface area contributed by atoms with Crippen LogP contribution >= 0.6 is 0 Å². The van der Waals surface area contributed by atoms with Crippen LogP contribution in [-0.2, 0) is 14.4 Å². The maximum absolute atomic E-state index is 11.8. The van der Waals surface area contributed by atoms with Crippen molar-refractivity contribution in [3.63, 3.8) is 0 Å². The molecule has 0 amide bonds. The summed E-state index contributed by atoms with van der Waals surface area (Å²) in [4.78, 5) is 33.9. The van der Waals surface area contributed by atoms with E-state index in [9.17, 15) is 24.6 Å². The van der Waals surface area contributed by atoms with Gasteiger partial charge in [-0.25, -0.2) is 0 Å². The summed E-state index contributed by atoms with van der Waals surface area (Å²) >= 11 is 0. The fourth-order valence-electron chi connectivity index (χ4n) is 2.48. The lowest BCUT2D eigenvalue weighted by Gasteiger charge is -2.15. The van der Waals surface area contributed by atoms with Crippen molar-refractivity contribution < 1.29 is 29.7 Å². The summed E-state index contributed by atoms with van der Waals surface area (Å²) in [5.74, 6) is -1.78. The molecule has 0 aromatic heterocycles. The molecule has 0 aromatic rings. The topological polar surface area (TPSA) is 112 Å². The first kappa shape index (κ1) is 22.7. The second kappa shape index (κ2) is 14.1. The number of Topliss-reactive ketones (excluding diaryl/α,β-unsaturated/α-hetero) is 2. The van der Waals surface area contributed by atoms with E-state index in [1.54, 1.807) is 0 Å². The Morgan fingerprint density at radius 3 is 1.46 bits per heavy atom. The molecule has 0 aliphatic rings. The van der Waals surface area contributed by atoms with E-state index in [1.165, 1.54) is 0 Å². The number of hydrogen-bond donors (Lipinski definition) is 3. The molecule has 0 bridgehead atoms. The molecule has 140 valence electrons. The van der Waals surface area contributed by atoms with Crippen molar-refractivity contribution in [1.29, 1.82) is 0 Å². The van der Waals surface area contributed by atoms with Gasteiger partial charge < -0.3 is 15.3 Å².